The fourth-order valence-corrected chi connectivity index (χ4v) is 18.4. The van der Waals surface area contributed by atoms with Crippen molar-refractivity contribution < 1.29 is 118 Å². The fraction of sp³-hybridized carbons (Fsp3) is 0.906. The number of carboxylic acid groups (broad SMARTS) is 5. The number of carbonyl (C=O) groups is 5. The van der Waals surface area contributed by atoms with Gasteiger partial charge in [0.1, 0.15) is 24.2 Å². The van der Waals surface area contributed by atoms with Gasteiger partial charge < -0.3 is 113 Å². The molecule has 10 heterocycles. The number of nitrogens with zero attached hydrogens (tertiary/aromatic N) is 3. The maximum Gasteiger partial charge on any atom is 0.373 e. The van der Waals surface area contributed by atoms with E-state index in [0.717, 1.165) is 204 Å². The summed E-state index contributed by atoms with van der Waals surface area (Å²) < 4.78 is 0. The summed E-state index contributed by atoms with van der Waals surface area (Å²) in [6, 6.07) is -0.680. The second kappa shape index (κ2) is 77.7. The molecule has 0 spiro atoms. The van der Waals surface area contributed by atoms with E-state index in [-0.39, 0.29) is 133 Å². The average molecular weight is 1800 g/mol. The predicted octanol–water partition coefficient (Wildman–Crippen LogP) is 5.34. The summed E-state index contributed by atoms with van der Waals surface area (Å²) in [4.78, 5) is 111. The number of hydrogen-bond acceptors (Lipinski definition) is 29. The Kier molecular flexibility index (Phi) is 74.8. The van der Waals surface area contributed by atoms with Gasteiger partial charge in [-0.25, -0.2) is 0 Å². The van der Waals surface area contributed by atoms with Gasteiger partial charge in [-0.1, -0.05) is 125 Å². The molecule has 0 saturated carbocycles. The predicted molar refractivity (Wildman–Crippen MR) is 502 cm³/mol. The van der Waals surface area contributed by atoms with E-state index >= 15 is 0 Å². The third kappa shape index (κ3) is 63.9. The molecule has 10 aliphatic rings. The summed E-state index contributed by atoms with van der Waals surface area (Å²) in [5.74, 6) is 0.0323. The molecule has 0 aromatic heterocycles. The number of nitrogens with one attached hydrogen (secondary N) is 7. The molecule has 0 radical (unpaired) electrons. The summed E-state index contributed by atoms with van der Waals surface area (Å²) in [5, 5.41) is 140. The van der Waals surface area contributed by atoms with Gasteiger partial charge in [0.05, 0.1) is 5.92 Å². The van der Waals surface area contributed by atoms with Crippen molar-refractivity contribution in [2.45, 2.75) is 322 Å². The van der Waals surface area contributed by atoms with Crippen LogP contribution in [0.4, 0.5) is 0 Å². The molecule has 10 aliphatic heterocycles. The number of likely N-dealkylation sites (tertiary alicyclic amines) is 3. The topological polar surface area (TPSA) is 545 Å². The van der Waals surface area contributed by atoms with Crippen LogP contribution in [0.5, 0.6) is 0 Å². The fourth-order valence-electron chi connectivity index (χ4n) is 18.4. The van der Waals surface area contributed by atoms with E-state index in [1.54, 1.807) is 34.1 Å². The number of carboxylic acids is 5. The lowest BCUT2D eigenvalue weighted by atomic mass is 9.65. The average Bonchev–Trinajstić information content (AvgIpc) is 1.79. The van der Waals surface area contributed by atoms with Gasteiger partial charge in [0.15, 0.2) is 0 Å². The van der Waals surface area contributed by atoms with Gasteiger partial charge in [0.2, 0.25) is 0 Å². The maximum absolute atomic E-state index is 11.7. The van der Waals surface area contributed by atoms with Crippen LogP contribution in [0.25, 0.3) is 0 Å². The first-order chi connectivity index (χ1) is 60.6. The lowest BCUT2D eigenvalue weighted by Crippen LogP contribution is -2.57. The number of rotatable bonds is 42. The van der Waals surface area contributed by atoms with Gasteiger partial charge in [-0.3, -0.25) is 28.9 Å². The second-order valence-electron chi connectivity index (χ2n) is 37.3. The van der Waals surface area contributed by atoms with Crippen LogP contribution in [-0.2, 0) is 52.7 Å². The first-order valence-corrected chi connectivity index (χ1v) is 48.4. The molecular weight excluding hydrogens is 1630 g/mol. The quantitative estimate of drug-likeness (QED) is 0.0343. The normalized spacial score (nSPS) is 24.9. The largest absolute Gasteiger partial charge is 0.481 e. The van der Waals surface area contributed by atoms with Crippen molar-refractivity contribution in [3.8, 4) is 0 Å². The van der Waals surface area contributed by atoms with Crippen LogP contribution in [0, 0.1) is 53.3 Å². The Morgan fingerprint density at radius 1 is 0.307 bits per heavy atom. The van der Waals surface area contributed by atoms with Crippen LogP contribution >= 0.6 is 0 Å². The van der Waals surface area contributed by atoms with Crippen LogP contribution in [0.15, 0.2) is 0 Å². The Labute approximate surface area is 762 Å². The van der Waals surface area contributed by atoms with E-state index in [1.165, 1.54) is 168 Å². The molecule has 0 bridgehead atoms. The Balaban J connectivity index is 0.00000142. The van der Waals surface area contributed by atoms with Gasteiger partial charge in [0, 0.05) is 38.8 Å². The highest BCUT2D eigenvalue weighted by molar-refractivity contribution is 6.50. The molecule has 726 valence electrons. The van der Waals surface area contributed by atoms with Crippen LogP contribution in [0.3, 0.4) is 0 Å². The highest BCUT2D eigenvalue weighted by atomic mass is 16.4. The zero-order valence-corrected chi connectivity index (χ0v) is 78.7. The molecule has 8 unspecified atom stereocenters. The number of carbonyl (C=O) groups excluding carboxylic acids is 6. The Bertz CT molecular complexity index is 2780. The van der Waals surface area contributed by atoms with E-state index < -0.39 is 29.8 Å². The molecule has 20 N–H and O–H groups in total. The maximum atomic E-state index is 11.7. The van der Waals surface area contributed by atoms with E-state index in [4.69, 9.17) is 79.3 Å². The Hall–Kier alpha value is -4.71. The molecular formula is C85H168B8N10O24. The molecule has 0 aromatic rings. The van der Waals surface area contributed by atoms with Gasteiger partial charge in [-0.15, -0.1) is 0 Å². The number of piperidine rings is 4. The van der Waals surface area contributed by atoms with Crippen LogP contribution < -0.4 is 37.2 Å². The molecule has 10 fully saturated rings. The molecule has 42 heteroatoms. The van der Waals surface area contributed by atoms with Crippen molar-refractivity contribution in [1.82, 2.24) is 51.9 Å². The van der Waals surface area contributed by atoms with Crippen LogP contribution in [-0.4, -0.2) is 332 Å². The molecule has 0 aliphatic carbocycles. The summed E-state index contributed by atoms with van der Waals surface area (Å²) in [7, 11) is 0. The third-order valence-corrected chi connectivity index (χ3v) is 25.9. The Morgan fingerprint density at radius 3 is 1.01 bits per heavy atom. The van der Waals surface area contributed by atoms with Crippen molar-refractivity contribution in [1.29, 1.82) is 0 Å². The van der Waals surface area contributed by atoms with Gasteiger partial charge in [-0.2, -0.15) is 28.8 Å². The standard InChI is InChI=1S/C16H31BN2O3.C15H31BN2O.C10H20BNO3.C9H18BNO3.2C8H16BNO3.2C8H18BNO.3CO2/c1-17(22)8-5-6-14-7-11-19(15(14)16(20)21)13-12-18-9-3-2-4-10-18;1-16(19)8-5-14-6-9-17-15(13-14)7-12-18-10-3-2-4-11-18;1-11(15)5-2-3-8-4-6-12-7-9(8)10(13)14;1-10(14)5-2-3-7-4-6-11-8(7)9(12)13;2*1-9(13)4-2-3-6-5-10-7(6)8(11)12;2*1-9(11)5-2-3-8-4-6-10-7-8;3*2-1-3/h14-15,22H,2-13H2,1H3,(H,20,21);14-15,17,19H,2-13H2,1H3;8-9,12,15H,2-7H2,1H3,(H,13,14);7-8,11,14H,2-6H2,1H3,(H,12,13);2*6-7,10,13H,2-5H2,1H3,(H,11,12);2*8,10-11H,2-7H2,1H3;;;/t;;;;6-,7+;6-,7-;2*8-;;;/m....1010.../s1. The number of hydrogen-bond donors (Lipinski definition) is 20. The summed E-state index contributed by atoms with van der Waals surface area (Å²) in [6.45, 7) is 31.7. The van der Waals surface area contributed by atoms with Gasteiger partial charge in [-0.05, 0) is 299 Å². The monoisotopic (exact) mass is 1800 g/mol. The van der Waals surface area contributed by atoms with Crippen molar-refractivity contribution in [3.05, 3.63) is 0 Å². The van der Waals surface area contributed by atoms with E-state index in [9.17, 15) is 39.1 Å². The van der Waals surface area contributed by atoms with E-state index in [2.05, 4.69) is 51.9 Å². The van der Waals surface area contributed by atoms with Crippen molar-refractivity contribution in [3.63, 3.8) is 0 Å². The molecule has 34 nitrogen and oxygen atoms in total. The minimum absolute atomic E-state index is 0.107. The van der Waals surface area contributed by atoms with E-state index in [0.29, 0.717) is 6.54 Å². The van der Waals surface area contributed by atoms with Crippen molar-refractivity contribution >= 4 is 104 Å². The molecule has 0 aromatic carbocycles. The summed E-state index contributed by atoms with van der Waals surface area (Å²) in [5.41, 5.74) is 0. The SMILES string of the molecule is CB(O)CCC1CCNC(CCN2CCCCC2)C1.CB(O)CCCC1CCN(CCN2CCCCC2)C1C(=O)O.CB(O)CCCC1CCNC1C(=O)O.CB(O)CCCC1CCNCC1C(=O)O.CB(O)CCC[C@@H]1CCNC1.CB(O)CCC[C@@H]1CN[C@@H]1C(=O)O.CB(O)CCC[C@H]1CCNC1.CB(O)CCC[C@H]1CN[C@@H]1C(=O)O.O=C=O.O=C=O.O=C=O. The highest BCUT2D eigenvalue weighted by Crippen LogP contribution is 2.32. The third-order valence-electron chi connectivity index (χ3n) is 25.9. The second-order valence-corrected chi connectivity index (χ2v) is 37.3. The first kappa shape index (κ1) is 122. The van der Waals surface area contributed by atoms with Crippen LogP contribution in [0.1, 0.15) is 186 Å². The molecule has 0 amide bonds. The van der Waals surface area contributed by atoms with Crippen molar-refractivity contribution in [2.24, 2.45) is 53.3 Å². The lowest BCUT2D eigenvalue weighted by Gasteiger charge is -2.34. The van der Waals surface area contributed by atoms with Gasteiger partial charge >= 0.3 is 48.3 Å². The molecule has 10 saturated heterocycles. The van der Waals surface area contributed by atoms with Gasteiger partial charge in [0.25, 0.3) is 55.3 Å². The summed E-state index contributed by atoms with van der Waals surface area (Å²) >= 11 is 0. The first-order valence-electron chi connectivity index (χ1n) is 48.4. The van der Waals surface area contributed by atoms with E-state index in [1.807, 2.05) is 20.5 Å². The van der Waals surface area contributed by atoms with Crippen LogP contribution in [0.2, 0.25) is 105 Å². The number of aliphatic carboxylic acids is 5. The molecule has 14 atom stereocenters. The minimum Gasteiger partial charge on any atom is -0.481 e. The minimum atomic E-state index is -0.756. The zero-order chi connectivity index (χ0) is 95.3. The molecule has 127 heavy (non-hydrogen) atoms. The van der Waals surface area contributed by atoms with Crippen molar-refractivity contribution in [2.75, 3.05) is 118 Å². The Morgan fingerprint density at radius 2 is 0.646 bits per heavy atom. The highest BCUT2D eigenvalue weighted by Gasteiger charge is 2.40. The summed E-state index contributed by atoms with van der Waals surface area (Å²) in [6.07, 6.45) is 40.4. The molecule has 10 rings (SSSR count). The zero-order valence-electron chi connectivity index (χ0n) is 78.7. The smallest absolute Gasteiger partial charge is 0.373 e. The lowest BCUT2D eigenvalue weighted by molar-refractivity contribution is -0.193.